The predicted octanol–water partition coefficient (Wildman–Crippen LogP) is 2.80. The molecule has 3 atom stereocenters. The number of aryl methyl sites for hydroxylation is 1. The van der Waals surface area contributed by atoms with Crippen LogP contribution in [0.2, 0.25) is 5.02 Å². The van der Waals surface area contributed by atoms with Crippen LogP contribution in [0.1, 0.15) is 37.7 Å². The number of aliphatic hydroxyl groups excluding tert-OH is 1. The van der Waals surface area contributed by atoms with Gasteiger partial charge in [0.25, 0.3) is 0 Å². The van der Waals surface area contributed by atoms with Gasteiger partial charge in [-0.1, -0.05) is 23.7 Å². The van der Waals surface area contributed by atoms with Gasteiger partial charge in [-0.25, -0.2) is 0 Å². The molecule has 1 aromatic carbocycles. The third kappa shape index (κ3) is 3.39. The Hall–Kier alpha value is -1.10. The fourth-order valence-corrected chi connectivity index (χ4v) is 4.28. The number of amides is 1. The minimum absolute atomic E-state index is 0.00288. The first-order chi connectivity index (χ1) is 11.0. The fraction of sp³-hybridized carbons (Fsp3) is 0.611. The van der Waals surface area contributed by atoms with Gasteiger partial charge in [0, 0.05) is 25.1 Å². The van der Waals surface area contributed by atoms with Crippen LogP contribution in [0.5, 0.6) is 0 Å². The van der Waals surface area contributed by atoms with Gasteiger partial charge >= 0.3 is 0 Å². The van der Waals surface area contributed by atoms with Gasteiger partial charge in [-0.05, 0) is 49.8 Å². The van der Waals surface area contributed by atoms with Crippen molar-refractivity contribution in [2.75, 3.05) is 13.7 Å². The van der Waals surface area contributed by atoms with Crippen LogP contribution in [-0.2, 0) is 16.0 Å². The van der Waals surface area contributed by atoms with Crippen molar-refractivity contribution in [3.63, 3.8) is 0 Å². The summed E-state index contributed by atoms with van der Waals surface area (Å²) in [6, 6.07) is 7.65. The van der Waals surface area contributed by atoms with Crippen LogP contribution in [0.4, 0.5) is 0 Å². The zero-order chi connectivity index (χ0) is 16.4. The maximum absolute atomic E-state index is 12.7. The van der Waals surface area contributed by atoms with Crippen molar-refractivity contribution in [3.05, 3.63) is 34.9 Å². The largest absolute Gasteiger partial charge is 0.393 e. The molecular weight excluding hydrogens is 314 g/mol. The lowest BCUT2D eigenvalue weighted by molar-refractivity contribution is -0.139. The molecule has 0 aromatic heterocycles. The van der Waals surface area contributed by atoms with Gasteiger partial charge < -0.3 is 14.7 Å². The molecule has 0 spiro atoms. The van der Waals surface area contributed by atoms with E-state index in [1.807, 2.05) is 29.2 Å². The minimum Gasteiger partial charge on any atom is -0.393 e. The Bertz CT molecular complexity index is 579. The zero-order valence-electron chi connectivity index (χ0n) is 13.5. The van der Waals surface area contributed by atoms with Crippen LogP contribution in [0.25, 0.3) is 0 Å². The standard InChI is InChI=1S/C18H24ClNO3/c1-23-18-8-7-15(21)12-16(18)20(10-9-18)17(22)6-5-13-3-2-4-14(19)11-13/h2-4,11,15-16,21H,5-10,12H2,1H3. The topological polar surface area (TPSA) is 49.8 Å². The summed E-state index contributed by atoms with van der Waals surface area (Å²) < 4.78 is 5.79. The Balaban J connectivity index is 1.65. The lowest BCUT2D eigenvalue weighted by atomic mass is 9.79. The van der Waals surface area contributed by atoms with E-state index in [1.165, 1.54) is 0 Å². The number of halogens is 1. The van der Waals surface area contributed by atoms with Crippen LogP contribution < -0.4 is 0 Å². The number of carbonyl (C=O) groups is 1. The number of benzene rings is 1. The van der Waals surface area contributed by atoms with Gasteiger partial charge in [0.1, 0.15) is 0 Å². The second kappa shape index (κ2) is 6.80. The molecule has 5 heteroatoms. The monoisotopic (exact) mass is 337 g/mol. The number of hydrogen-bond acceptors (Lipinski definition) is 3. The summed E-state index contributed by atoms with van der Waals surface area (Å²) in [5.41, 5.74) is 0.817. The molecule has 1 aliphatic heterocycles. The van der Waals surface area contributed by atoms with Crippen LogP contribution in [0.3, 0.4) is 0 Å². The summed E-state index contributed by atoms with van der Waals surface area (Å²) in [7, 11) is 1.73. The van der Waals surface area contributed by atoms with Crippen LogP contribution in [0.15, 0.2) is 24.3 Å². The third-order valence-corrected chi connectivity index (χ3v) is 5.63. The summed E-state index contributed by atoms with van der Waals surface area (Å²) in [5.74, 6) is 0.142. The highest BCUT2D eigenvalue weighted by molar-refractivity contribution is 6.30. The number of fused-ring (bicyclic) bond motifs is 1. The molecule has 1 aliphatic carbocycles. The number of rotatable bonds is 4. The third-order valence-electron chi connectivity index (χ3n) is 5.40. The molecule has 3 rings (SSSR count). The summed E-state index contributed by atoms with van der Waals surface area (Å²) in [4.78, 5) is 14.6. The fourth-order valence-electron chi connectivity index (χ4n) is 4.06. The van der Waals surface area contributed by atoms with Gasteiger partial charge in [0.2, 0.25) is 5.91 Å². The summed E-state index contributed by atoms with van der Waals surface area (Å²) in [6.45, 7) is 0.722. The molecule has 1 heterocycles. The van der Waals surface area contributed by atoms with Crippen LogP contribution in [-0.4, -0.2) is 47.3 Å². The minimum atomic E-state index is -0.329. The van der Waals surface area contributed by atoms with Crippen molar-refractivity contribution < 1.29 is 14.6 Å². The smallest absolute Gasteiger partial charge is 0.223 e. The van der Waals surface area contributed by atoms with Crippen molar-refractivity contribution in [2.45, 2.75) is 56.3 Å². The zero-order valence-corrected chi connectivity index (χ0v) is 14.3. The highest BCUT2D eigenvalue weighted by Crippen LogP contribution is 2.42. The SMILES string of the molecule is COC12CCC(O)CC1N(C(=O)CCc1cccc(Cl)c1)CC2. The Morgan fingerprint density at radius 1 is 1.48 bits per heavy atom. The number of nitrogens with zero attached hydrogens (tertiary/aromatic N) is 1. The van der Waals surface area contributed by atoms with E-state index in [1.54, 1.807) is 7.11 Å². The van der Waals surface area contributed by atoms with E-state index in [0.29, 0.717) is 24.3 Å². The molecule has 3 unspecified atom stereocenters. The van der Waals surface area contributed by atoms with Crippen molar-refractivity contribution in [1.29, 1.82) is 0 Å². The summed E-state index contributed by atoms with van der Waals surface area (Å²) in [5, 5.41) is 10.7. The summed E-state index contributed by atoms with van der Waals surface area (Å²) in [6.07, 6.45) is 3.89. The highest BCUT2D eigenvalue weighted by atomic mass is 35.5. The quantitative estimate of drug-likeness (QED) is 0.919. The number of ether oxygens (including phenoxy) is 1. The van der Waals surface area contributed by atoms with E-state index in [0.717, 1.165) is 31.4 Å². The summed E-state index contributed by atoms with van der Waals surface area (Å²) >= 11 is 5.99. The average Bonchev–Trinajstić information content (AvgIpc) is 2.92. The molecule has 2 fully saturated rings. The molecule has 1 amide bonds. The number of methoxy groups -OCH3 is 1. The number of hydrogen-bond donors (Lipinski definition) is 1. The molecule has 2 aliphatic rings. The van der Waals surface area contributed by atoms with Crippen molar-refractivity contribution >= 4 is 17.5 Å². The Labute approximate surface area is 142 Å². The van der Waals surface area contributed by atoms with Gasteiger partial charge in [-0.15, -0.1) is 0 Å². The maximum atomic E-state index is 12.7. The van der Waals surface area contributed by atoms with Crippen molar-refractivity contribution in [1.82, 2.24) is 4.90 Å². The van der Waals surface area contributed by atoms with Gasteiger partial charge in [-0.2, -0.15) is 0 Å². The number of likely N-dealkylation sites (tertiary alicyclic amines) is 1. The lowest BCUT2D eigenvalue weighted by Crippen LogP contribution is -2.52. The predicted molar refractivity (Wildman–Crippen MR) is 89.5 cm³/mol. The van der Waals surface area contributed by atoms with Crippen molar-refractivity contribution in [3.8, 4) is 0 Å². The molecule has 1 saturated heterocycles. The Morgan fingerprint density at radius 2 is 2.30 bits per heavy atom. The Kier molecular flexibility index (Phi) is 4.95. The van der Waals surface area contributed by atoms with E-state index >= 15 is 0 Å². The molecule has 1 saturated carbocycles. The molecule has 0 radical (unpaired) electrons. The van der Waals surface area contributed by atoms with Gasteiger partial charge in [-0.3, -0.25) is 4.79 Å². The van der Waals surface area contributed by atoms with Gasteiger partial charge in [0.05, 0.1) is 17.7 Å². The number of aliphatic hydroxyl groups is 1. The van der Waals surface area contributed by atoms with E-state index < -0.39 is 0 Å². The average molecular weight is 338 g/mol. The lowest BCUT2D eigenvalue weighted by Gasteiger charge is -2.42. The molecule has 23 heavy (non-hydrogen) atoms. The molecule has 126 valence electrons. The molecule has 4 nitrogen and oxygen atoms in total. The van der Waals surface area contributed by atoms with Crippen LogP contribution >= 0.6 is 11.6 Å². The van der Waals surface area contributed by atoms with E-state index in [2.05, 4.69) is 0 Å². The molecular formula is C18H24ClNO3. The maximum Gasteiger partial charge on any atom is 0.223 e. The Morgan fingerprint density at radius 3 is 3.04 bits per heavy atom. The van der Waals surface area contributed by atoms with Crippen molar-refractivity contribution in [2.24, 2.45) is 0 Å². The second-order valence-electron chi connectivity index (χ2n) is 6.68. The normalized spacial score (nSPS) is 30.3. The van der Waals surface area contributed by atoms with Gasteiger partial charge in [0.15, 0.2) is 0 Å². The molecule has 0 bridgehead atoms. The molecule has 1 aromatic rings. The highest BCUT2D eigenvalue weighted by Gasteiger charge is 2.52. The second-order valence-corrected chi connectivity index (χ2v) is 7.12. The first-order valence-electron chi connectivity index (χ1n) is 8.31. The first kappa shape index (κ1) is 16.7. The van der Waals surface area contributed by atoms with E-state index in [4.69, 9.17) is 16.3 Å². The van der Waals surface area contributed by atoms with E-state index in [-0.39, 0.29) is 23.7 Å². The first-order valence-corrected chi connectivity index (χ1v) is 8.69. The number of carbonyl (C=O) groups excluding carboxylic acids is 1. The molecule has 1 N–H and O–H groups in total. The van der Waals surface area contributed by atoms with E-state index in [9.17, 15) is 9.90 Å². The van der Waals surface area contributed by atoms with Crippen LogP contribution in [0, 0.1) is 0 Å².